The molecular formula is C81H158O17P2. The standard InChI is InChI=1S/C81H158O17P2/c1-5-9-13-17-21-25-29-33-35-37-39-43-47-51-55-59-63-67-80(85)97-76(71-91-78(83)65-61-57-53-49-45-41-31-27-23-19-15-11-7-3)73-95-99(87,88)93-69-75(82)70-94-100(89,90)96-74-77(72-92-79(84)66-62-58-54-50-46-42-32-28-24-20-16-12-8-4)98-81(86)68-64-60-56-52-48-44-40-38-36-34-30-26-22-18-14-10-6-2/h75-77,82H,5-74H2,1-4H3,(H,87,88)(H,89,90)/t76-,77-/m1/s1. The number of ether oxygens (including phenoxy) is 4. The number of aliphatic hydroxyl groups is 1. The fraction of sp³-hybridized carbons (Fsp3) is 0.951. The highest BCUT2D eigenvalue weighted by Crippen LogP contribution is 2.45. The minimum atomic E-state index is -4.96. The molecule has 0 spiro atoms. The lowest BCUT2D eigenvalue weighted by Gasteiger charge is -2.21. The molecule has 0 aliphatic heterocycles. The van der Waals surface area contributed by atoms with E-state index >= 15 is 0 Å². The van der Waals surface area contributed by atoms with E-state index in [0.717, 1.165) is 89.9 Å². The van der Waals surface area contributed by atoms with Gasteiger partial charge in [-0.05, 0) is 25.7 Å². The summed E-state index contributed by atoms with van der Waals surface area (Å²) in [5.41, 5.74) is 0. The summed E-state index contributed by atoms with van der Waals surface area (Å²) in [6.45, 7) is 5.04. The lowest BCUT2D eigenvalue weighted by molar-refractivity contribution is -0.161. The fourth-order valence-electron chi connectivity index (χ4n) is 12.6. The first-order valence-electron chi connectivity index (χ1n) is 42.3. The molecule has 17 nitrogen and oxygen atoms in total. The van der Waals surface area contributed by atoms with Crippen LogP contribution in [0.1, 0.15) is 439 Å². The Labute approximate surface area is 613 Å². The Balaban J connectivity index is 5.25. The second-order valence-electron chi connectivity index (χ2n) is 29.2. The number of hydrogen-bond donors (Lipinski definition) is 3. The molecule has 0 aliphatic rings. The maximum absolute atomic E-state index is 13.1. The zero-order chi connectivity index (χ0) is 73.2. The van der Waals surface area contributed by atoms with Gasteiger partial charge >= 0.3 is 39.5 Å². The van der Waals surface area contributed by atoms with Gasteiger partial charge in [-0.3, -0.25) is 37.3 Å². The molecule has 2 unspecified atom stereocenters. The van der Waals surface area contributed by atoms with Crippen LogP contribution in [-0.4, -0.2) is 96.7 Å². The largest absolute Gasteiger partial charge is 0.472 e. The van der Waals surface area contributed by atoms with Gasteiger partial charge in [0.15, 0.2) is 12.2 Å². The van der Waals surface area contributed by atoms with Crippen LogP contribution in [0.5, 0.6) is 0 Å². The van der Waals surface area contributed by atoms with Gasteiger partial charge in [-0.1, -0.05) is 387 Å². The third kappa shape index (κ3) is 74.3. The van der Waals surface area contributed by atoms with E-state index in [9.17, 15) is 43.2 Å². The number of hydrogen-bond acceptors (Lipinski definition) is 15. The van der Waals surface area contributed by atoms with Crippen molar-refractivity contribution in [1.82, 2.24) is 0 Å². The number of rotatable bonds is 82. The maximum atomic E-state index is 13.1. The van der Waals surface area contributed by atoms with E-state index in [1.54, 1.807) is 0 Å². The minimum Gasteiger partial charge on any atom is -0.462 e. The lowest BCUT2D eigenvalue weighted by atomic mass is 10.0. The number of phosphoric acid groups is 2. The minimum absolute atomic E-state index is 0.109. The van der Waals surface area contributed by atoms with Gasteiger partial charge in [0.1, 0.15) is 19.3 Å². The van der Waals surface area contributed by atoms with Crippen molar-refractivity contribution in [3.63, 3.8) is 0 Å². The first kappa shape index (κ1) is 98.1. The van der Waals surface area contributed by atoms with E-state index in [0.29, 0.717) is 25.7 Å². The van der Waals surface area contributed by atoms with Crippen molar-refractivity contribution in [2.24, 2.45) is 0 Å². The SMILES string of the molecule is CCCCCCCCCCCCCCCCCCCC(=O)O[C@H](COC(=O)CCCCCCCCCCCCCCC)COP(=O)(O)OCC(O)COP(=O)(O)OC[C@@H](COC(=O)CCCCCCCCCCCCCCC)OC(=O)CCCCCCCCCCCCCCCCCCC. The van der Waals surface area contributed by atoms with Crippen LogP contribution in [0.15, 0.2) is 0 Å². The number of unbranched alkanes of at least 4 members (excludes halogenated alkanes) is 56. The van der Waals surface area contributed by atoms with Crippen molar-refractivity contribution in [1.29, 1.82) is 0 Å². The van der Waals surface area contributed by atoms with Gasteiger partial charge in [-0.25, -0.2) is 9.13 Å². The topological polar surface area (TPSA) is 237 Å². The fourth-order valence-corrected chi connectivity index (χ4v) is 14.2. The zero-order valence-electron chi connectivity index (χ0n) is 65.2. The average molecular weight is 1470 g/mol. The molecule has 4 atom stereocenters. The molecule has 0 radical (unpaired) electrons. The number of phosphoric ester groups is 2. The summed E-state index contributed by atoms with van der Waals surface area (Å²) in [5, 5.41) is 10.6. The van der Waals surface area contributed by atoms with E-state index in [4.69, 9.17) is 37.0 Å². The van der Waals surface area contributed by atoms with Crippen LogP contribution in [0.3, 0.4) is 0 Å². The zero-order valence-corrected chi connectivity index (χ0v) is 67.0. The molecular weight excluding hydrogens is 1310 g/mol. The Hall–Kier alpha value is -1.94. The van der Waals surface area contributed by atoms with Gasteiger partial charge < -0.3 is 33.8 Å². The molecule has 0 saturated heterocycles. The molecule has 0 fully saturated rings. The second kappa shape index (κ2) is 75.3. The summed E-state index contributed by atoms with van der Waals surface area (Å²) in [5.74, 6) is -2.10. The molecule has 0 aromatic rings. The molecule has 3 N–H and O–H groups in total. The highest BCUT2D eigenvalue weighted by molar-refractivity contribution is 7.47. The molecule has 0 aromatic heterocycles. The first-order valence-corrected chi connectivity index (χ1v) is 45.3. The number of carbonyl (C=O) groups excluding carboxylic acids is 4. The highest BCUT2D eigenvalue weighted by Gasteiger charge is 2.30. The van der Waals surface area contributed by atoms with Gasteiger partial charge in [0.2, 0.25) is 0 Å². The molecule has 19 heteroatoms. The molecule has 0 amide bonds. The smallest absolute Gasteiger partial charge is 0.462 e. The van der Waals surface area contributed by atoms with Gasteiger partial charge in [0.05, 0.1) is 26.4 Å². The van der Waals surface area contributed by atoms with Crippen LogP contribution >= 0.6 is 15.6 Å². The van der Waals surface area contributed by atoms with Crippen LogP contribution in [-0.2, 0) is 65.4 Å². The molecule has 100 heavy (non-hydrogen) atoms. The predicted octanol–water partition coefficient (Wildman–Crippen LogP) is 24.6. The number of carbonyl (C=O) groups is 4. The van der Waals surface area contributed by atoms with Crippen molar-refractivity contribution in [2.75, 3.05) is 39.6 Å². The summed E-state index contributed by atoms with van der Waals surface area (Å²) in [6, 6.07) is 0. The molecule has 0 heterocycles. The van der Waals surface area contributed by atoms with Crippen LogP contribution in [0.2, 0.25) is 0 Å². The molecule has 594 valence electrons. The number of aliphatic hydroxyl groups excluding tert-OH is 1. The maximum Gasteiger partial charge on any atom is 0.472 e. The predicted molar refractivity (Wildman–Crippen MR) is 409 cm³/mol. The number of esters is 4. The van der Waals surface area contributed by atoms with Crippen molar-refractivity contribution in [3.05, 3.63) is 0 Å². The Kier molecular flexibility index (Phi) is 73.8. The molecule has 0 bridgehead atoms. The van der Waals surface area contributed by atoms with Crippen molar-refractivity contribution in [3.8, 4) is 0 Å². The van der Waals surface area contributed by atoms with Gasteiger partial charge in [-0.15, -0.1) is 0 Å². The third-order valence-electron chi connectivity index (χ3n) is 19.1. The van der Waals surface area contributed by atoms with Crippen molar-refractivity contribution in [2.45, 2.75) is 457 Å². The second-order valence-corrected chi connectivity index (χ2v) is 32.1. The van der Waals surface area contributed by atoms with Crippen molar-refractivity contribution >= 4 is 39.5 Å². The summed E-state index contributed by atoms with van der Waals surface area (Å²) in [6.07, 6.45) is 67.8. The average Bonchev–Trinajstić information content (AvgIpc) is 0.959. The van der Waals surface area contributed by atoms with E-state index < -0.39 is 97.5 Å². The van der Waals surface area contributed by atoms with Crippen LogP contribution < -0.4 is 0 Å². The van der Waals surface area contributed by atoms with E-state index in [-0.39, 0.29) is 25.7 Å². The Morgan fingerprint density at radius 3 is 0.590 bits per heavy atom. The van der Waals surface area contributed by atoms with Crippen LogP contribution in [0.4, 0.5) is 0 Å². The van der Waals surface area contributed by atoms with Crippen LogP contribution in [0.25, 0.3) is 0 Å². The summed E-state index contributed by atoms with van der Waals surface area (Å²) < 4.78 is 68.8. The Bertz CT molecular complexity index is 1760. The monoisotopic (exact) mass is 1470 g/mol. The van der Waals surface area contributed by atoms with Gasteiger partial charge in [0.25, 0.3) is 0 Å². The van der Waals surface area contributed by atoms with E-state index in [1.165, 1.54) is 270 Å². The highest BCUT2D eigenvalue weighted by atomic mass is 31.2. The van der Waals surface area contributed by atoms with Crippen molar-refractivity contribution < 1.29 is 80.2 Å². The summed E-state index contributed by atoms with van der Waals surface area (Å²) in [4.78, 5) is 73.1. The van der Waals surface area contributed by atoms with Gasteiger partial charge in [-0.2, -0.15) is 0 Å². The Morgan fingerprint density at radius 2 is 0.400 bits per heavy atom. The molecule has 0 aliphatic carbocycles. The molecule has 0 saturated carbocycles. The van der Waals surface area contributed by atoms with Gasteiger partial charge in [0, 0.05) is 25.7 Å². The lowest BCUT2D eigenvalue weighted by Crippen LogP contribution is -2.30. The normalized spacial score (nSPS) is 13.8. The molecule has 0 rings (SSSR count). The Morgan fingerprint density at radius 1 is 0.240 bits per heavy atom. The first-order chi connectivity index (χ1) is 48.7. The van der Waals surface area contributed by atoms with Crippen LogP contribution in [0, 0.1) is 0 Å². The van der Waals surface area contributed by atoms with E-state index in [2.05, 4.69) is 27.7 Å². The summed E-state index contributed by atoms with van der Waals surface area (Å²) >= 11 is 0. The quantitative estimate of drug-likeness (QED) is 0.0222. The molecule has 0 aromatic carbocycles. The van der Waals surface area contributed by atoms with E-state index in [1.807, 2.05) is 0 Å². The summed E-state index contributed by atoms with van der Waals surface area (Å²) in [7, 11) is -9.92. The third-order valence-corrected chi connectivity index (χ3v) is 21.0.